The third kappa shape index (κ3) is 3.50. The van der Waals surface area contributed by atoms with E-state index >= 15 is 0 Å². The molecule has 3 aromatic rings. The number of carbonyl (C=O) groups excluding carboxylic acids is 3. The van der Waals surface area contributed by atoms with Crippen LogP contribution < -0.4 is 5.32 Å². The molecule has 6 nitrogen and oxygen atoms in total. The molecule has 152 valence electrons. The number of imide groups is 1. The maximum absolute atomic E-state index is 13.0. The Hall–Kier alpha value is -3.38. The first kappa shape index (κ1) is 19.9. The number of rotatable bonds is 5. The number of fused-ring (bicyclic) bond motifs is 1. The molecule has 0 bridgehead atoms. The molecule has 4 rings (SSSR count). The first-order valence-corrected chi connectivity index (χ1v) is 9.91. The number of amides is 3. The average Bonchev–Trinajstić information content (AvgIpc) is 3.15. The van der Waals surface area contributed by atoms with E-state index in [2.05, 4.69) is 5.32 Å². The summed E-state index contributed by atoms with van der Waals surface area (Å²) in [5, 5.41) is 3.69. The normalized spacial score (nSPS) is 14.2. The summed E-state index contributed by atoms with van der Waals surface area (Å²) in [5.41, 5.74) is 3.50. The standard InChI is InChI=1S/C23H20ClN3O3/c1-14(28)25-17-9-7-15(8-10-17)20-21(24)23(30)27(22(20)29)12-11-16-13-26(2)19-6-4-3-5-18(16)19/h3-10,13H,11-12H2,1-2H3,(H,25,28). The van der Waals surface area contributed by atoms with Gasteiger partial charge in [-0.05, 0) is 35.7 Å². The van der Waals surface area contributed by atoms with Crippen molar-refractivity contribution in [3.05, 3.63) is 70.9 Å². The topological polar surface area (TPSA) is 71.4 Å². The fraction of sp³-hybridized carbons (Fsp3) is 0.174. The van der Waals surface area contributed by atoms with Gasteiger partial charge in [-0.25, -0.2) is 0 Å². The summed E-state index contributed by atoms with van der Waals surface area (Å²) in [5.74, 6) is -1.08. The zero-order valence-electron chi connectivity index (χ0n) is 16.6. The number of nitrogens with zero attached hydrogens (tertiary/aromatic N) is 2. The smallest absolute Gasteiger partial charge is 0.273 e. The third-order valence-corrected chi connectivity index (χ3v) is 5.54. The van der Waals surface area contributed by atoms with Crippen molar-refractivity contribution in [1.29, 1.82) is 0 Å². The second-order valence-corrected chi connectivity index (χ2v) is 7.62. The number of para-hydroxylation sites is 1. The Morgan fingerprint density at radius 1 is 1.03 bits per heavy atom. The molecule has 2 heterocycles. The summed E-state index contributed by atoms with van der Waals surface area (Å²) in [6.07, 6.45) is 2.56. The molecule has 0 spiro atoms. The second-order valence-electron chi connectivity index (χ2n) is 7.24. The molecule has 3 amide bonds. The van der Waals surface area contributed by atoms with Gasteiger partial charge in [-0.15, -0.1) is 0 Å². The van der Waals surface area contributed by atoms with Crippen LogP contribution in [0.25, 0.3) is 16.5 Å². The quantitative estimate of drug-likeness (QED) is 0.638. The largest absolute Gasteiger partial charge is 0.350 e. The summed E-state index contributed by atoms with van der Waals surface area (Å²) in [7, 11) is 1.97. The Morgan fingerprint density at radius 2 is 1.73 bits per heavy atom. The maximum atomic E-state index is 13.0. The van der Waals surface area contributed by atoms with E-state index < -0.39 is 11.8 Å². The van der Waals surface area contributed by atoms with Crippen molar-refractivity contribution in [3.63, 3.8) is 0 Å². The van der Waals surface area contributed by atoms with Crippen LogP contribution in [0.1, 0.15) is 18.1 Å². The Bertz CT molecular complexity index is 1210. The Balaban J connectivity index is 1.54. The van der Waals surface area contributed by atoms with Gasteiger partial charge in [0.2, 0.25) is 5.91 Å². The molecule has 0 fully saturated rings. The summed E-state index contributed by atoms with van der Waals surface area (Å²) < 4.78 is 2.03. The summed E-state index contributed by atoms with van der Waals surface area (Å²) in [6, 6.07) is 14.7. The van der Waals surface area contributed by atoms with Crippen LogP contribution in [0.5, 0.6) is 0 Å². The molecule has 0 saturated heterocycles. The monoisotopic (exact) mass is 421 g/mol. The first-order valence-electron chi connectivity index (χ1n) is 9.53. The molecule has 0 radical (unpaired) electrons. The van der Waals surface area contributed by atoms with E-state index in [-0.39, 0.29) is 23.1 Å². The van der Waals surface area contributed by atoms with Crippen LogP contribution in [0.15, 0.2) is 59.8 Å². The van der Waals surface area contributed by atoms with Crippen molar-refractivity contribution in [3.8, 4) is 0 Å². The van der Waals surface area contributed by atoms with Crippen molar-refractivity contribution in [2.75, 3.05) is 11.9 Å². The second kappa shape index (κ2) is 7.80. The molecule has 1 N–H and O–H groups in total. The molecule has 0 saturated carbocycles. The lowest BCUT2D eigenvalue weighted by atomic mass is 10.1. The highest BCUT2D eigenvalue weighted by atomic mass is 35.5. The van der Waals surface area contributed by atoms with Crippen LogP contribution in [-0.4, -0.2) is 33.7 Å². The fourth-order valence-corrected chi connectivity index (χ4v) is 4.07. The van der Waals surface area contributed by atoms with Crippen LogP contribution in [-0.2, 0) is 27.9 Å². The molecule has 7 heteroatoms. The van der Waals surface area contributed by atoms with Gasteiger partial charge in [0.15, 0.2) is 0 Å². The van der Waals surface area contributed by atoms with Gasteiger partial charge in [0.1, 0.15) is 5.03 Å². The van der Waals surface area contributed by atoms with Crippen LogP contribution in [0, 0.1) is 0 Å². The predicted molar refractivity (Wildman–Crippen MR) is 117 cm³/mol. The molecular formula is C23H20ClN3O3. The van der Waals surface area contributed by atoms with E-state index in [4.69, 9.17) is 11.6 Å². The lowest BCUT2D eigenvalue weighted by molar-refractivity contribution is -0.136. The minimum Gasteiger partial charge on any atom is -0.350 e. The zero-order chi connectivity index (χ0) is 21.4. The summed E-state index contributed by atoms with van der Waals surface area (Å²) in [4.78, 5) is 38.0. The highest BCUT2D eigenvalue weighted by molar-refractivity contribution is 6.55. The van der Waals surface area contributed by atoms with Gasteiger partial charge < -0.3 is 9.88 Å². The summed E-state index contributed by atoms with van der Waals surface area (Å²) >= 11 is 6.25. The van der Waals surface area contributed by atoms with E-state index in [1.54, 1.807) is 24.3 Å². The number of nitrogens with one attached hydrogen (secondary N) is 1. The number of aromatic nitrogens is 1. The van der Waals surface area contributed by atoms with Gasteiger partial charge in [-0.3, -0.25) is 19.3 Å². The van der Waals surface area contributed by atoms with Gasteiger partial charge in [0.05, 0.1) is 5.57 Å². The van der Waals surface area contributed by atoms with Gasteiger partial charge in [0.25, 0.3) is 11.8 Å². The highest BCUT2D eigenvalue weighted by Gasteiger charge is 2.37. The van der Waals surface area contributed by atoms with Gasteiger partial charge in [-0.2, -0.15) is 0 Å². The van der Waals surface area contributed by atoms with Crippen molar-refractivity contribution in [1.82, 2.24) is 9.47 Å². The molecule has 1 aromatic heterocycles. The van der Waals surface area contributed by atoms with Crippen LogP contribution in [0.2, 0.25) is 0 Å². The molecule has 0 aliphatic carbocycles. The highest BCUT2D eigenvalue weighted by Crippen LogP contribution is 2.32. The van der Waals surface area contributed by atoms with Crippen molar-refractivity contribution < 1.29 is 14.4 Å². The van der Waals surface area contributed by atoms with Gasteiger partial charge >= 0.3 is 0 Å². The molecule has 30 heavy (non-hydrogen) atoms. The van der Waals surface area contributed by atoms with E-state index in [1.807, 2.05) is 42.1 Å². The fourth-order valence-electron chi connectivity index (χ4n) is 3.78. The van der Waals surface area contributed by atoms with Gasteiger partial charge in [-0.1, -0.05) is 41.9 Å². The van der Waals surface area contributed by atoms with Crippen LogP contribution in [0.4, 0.5) is 5.69 Å². The summed E-state index contributed by atoms with van der Waals surface area (Å²) in [6.45, 7) is 1.66. The number of hydrogen-bond donors (Lipinski definition) is 1. The maximum Gasteiger partial charge on any atom is 0.273 e. The van der Waals surface area contributed by atoms with E-state index in [0.717, 1.165) is 16.5 Å². The minimum atomic E-state index is -0.483. The Kier molecular flexibility index (Phi) is 5.18. The van der Waals surface area contributed by atoms with Crippen LogP contribution >= 0.6 is 11.6 Å². The number of hydrogen-bond acceptors (Lipinski definition) is 3. The Labute approximate surface area is 178 Å². The lowest BCUT2D eigenvalue weighted by Crippen LogP contribution is -2.33. The number of aryl methyl sites for hydroxylation is 1. The number of carbonyl (C=O) groups is 3. The molecular weight excluding hydrogens is 402 g/mol. The number of benzene rings is 2. The zero-order valence-corrected chi connectivity index (χ0v) is 17.4. The van der Waals surface area contributed by atoms with Crippen LogP contribution in [0.3, 0.4) is 0 Å². The minimum absolute atomic E-state index is 0.0785. The molecule has 1 aliphatic rings. The number of anilines is 1. The first-order chi connectivity index (χ1) is 14.4. The Morgan fingerprint density at radius 3 is 2.43 bits per heavy atom. The van der Waals surface area contributed by atoms with E-state index in [1.165, 1.54) is 11.8 Å². The average molecular weight is 422 g/mol. The molecule has 1 aliphatic heterocycles. The molecule has 0 atom stereocenters. The van der Waals surface area contributed by atoms with E-state index in [0.29, 0.717) is 17.7 Å². The third-order valence-electron chi connectivity index (χ3n) is 5.19. The number of halogens is 1. The molecule has 0 unspecified atom stereocenters. The predicted octanol–water partition coefficient (Wildman–Crippen LogP) is 3.70. The molecule has 2 aromatic carbocycles. The van der Waals surface area contributed by atoms with Gasteiger partial charge in [0, 0.05) is 43.3 Å². The lowest BCUT2D eigenvalue weighted by Gasteiger charge is -2.14. The SMILES string of the molecule is CC(=O)Nc1ccc(C2=C(Cl)C(=O)N(CCc3cn(C)c4ccccc34)C2=O)cc1. The van der Waals surface area contributed by atoms with Crippen molar-refractivity contribution >= 4 is 51.5 Å². The van der Waals surface area contributed by atoms with E-state index in [9.17, 15) is 14.4 Å². The van der Waals surface area contributed by atoms with Crippen molar-refractivity contribution in [2.24, 2.45) is 7.05 Å². The van der Waals surface area contributed by atoms with Crippen molar-refractivity contribution in [2.45, 2.75) is 13.3 Å².